The minimum Gasteiger partial charge on any atom is -0.468 e. The number of nitrogens with one attached hydrogen (secondary N) is 2. The van der Waals surface area contributed by atoms with Crippen LogP contribution in [0.2, 0.25) is 0 Å². The van der Waals surface area contributed by atoms with Crippen molar-refractivity contribution >= 4 is 11.9 Å². The standard InChI is InChI=1S/C18H25N3O3/c1-24-16(22)15-8-5-13-21(15)20-17(23)18(9-11-19-12-10-18)14-6-3-2-4-7-14/h2-4,6-7,15,19H,5,8-13H2,1H3,(H,20,23)/t15-/m0/s1. The van der Waals surface area contributed by atoms with Gasteiger partial charge in [-0.1, -0.05) is 30.3 Å². The Morgan fingerprint density at radius 2 is 1.96 bits per heavy atom. The van der Waals surface area contributed by atoms with Crippen LogP contribution >= 0.6 is 0 Å². The zero-order valence-electron chi connectivity index (χ0n) is 14.1. The average molecular weight is 331 g/mol. The van der Waals surface area contributed by atoms with Gasteiger partial charge < -0.3 is 10.1 Å². The molecule has 2 fully saturated rings. The van der Waals surface area contributed by atoms with E-state index < -0.39 is 5.41 Å². The van der Waals surface area contributed by atoms with E-state index in [1.165, 1.54) is 7.11 Å². The molecule has 0 spiro atoms. The molecule has 0 radical (unpaired) electrons. The molecule has 2 heterocycles. The summed E-state index contributed by atoms with van der Waals surface area (Å²) in [5.41, 5.74) is 3.51. The number of piperidine rings is 1. The number of benzene rings is 1. The number of methoxy groups -OCH3 is 1. The zero-order valence-corrected chi connectivity index (χ0v) is 14.1. The molecule has 0 saturated carbocycles. The summed E-state index contributed by atoms with van der Waals surface area (Å²) in [5, 5.41) is 5.08. The van der Waals surface area contributed by atoms with Gasteiger partial charge in [0, 0.05) is 6.54 Å². The number of hydrogen-bond donors (Lipinski definition) is 2. The van der Waals surface area contributed by atoms with E-state index in [2.05, 4.69) is 10.7 Å². The van der Waals surface area contributed by atoms with E-state index >= 15 is 0 Å². The summed E-state index contributed by atoms with van der Waals surface area (Å²) in [4.78, 5) is 25.1. The third kappa shape index (κ3) is 3.16. The molecule has 6 nitrogen and oxygen atoms in total. The first-order chi connectivity index (χ1) is 11.7. The van der Waals surface area contributed by atoms with E-state index in [1.807, 2.05) is 30.3 Å². The smallest absolute Gasteiger partial charge is 0.324 e. The maximum Gasteiger partial charge on any atom is 0.324 e. The fraction of sp³-hybridized carbons (Fsp3) is 0.556. The number of ether oxygens (including phenoxy) is 1. The maximum absolute atomic E-state index is 13.2. The van der Waals surface area contributed by atoms with Crippen molar-refractivity contribution in [3.05, 3.63) is 35.9 Å². The highest BCUT2D eigenvalue weighted by molar-refractivity contribution is 5.88. The van der Waals surface area contributed by atoms with Crippen molar-refractivity contribution in [3.8, 4) is 0 Å². The first kappa shape index (κ1) is 16.9. The van der Waals surface area contributed by atoms with Gasteiger partial charge in [0.15, 0.2) is 0 Å². The lowest BCUT2D eigenvalue weighted by molar-refractivity contribution is -0.148. The molecule has 0 unspecified atom stereocenters. The molecule has 2 saturated heterocycles. The molecule has 3 rings (SSSR count). The zero-order chi connectivity index (χ0) is 17.0. The van der Waals surface area contributed by atoms with Gasteiger partial charge in [-0.05, 0) is 44.3 Å². The summed E-state index contributed by atoms with van der Waals surface area (Å²) in [6, 6.07) is 9.57. The number of amides is 1. The molecule has 1 aromatic rings. The van der Waals surface area contributed by atoms with Crippen LogP contribution in [0.15, 0.2) is 30.3 Å². The van der Waals surface area contributed by atoms with Gasteiger partial charge in [-0.3, -0.25) is 15.0 Å². The van der Waals surface area contributed by atoms with Crippen LogP contribution < -0.4 is 10.7 Å². The Kier molecular flexibility index (Phi) is 5.16. The number of carbonyl (C=O) groups excluding carboxylic acids is 2. The van der Waals surface area contributed by atoms with Crippen LogP contribution in [0.5, 0.6) is 0 Å². The van der Waals surface area contributed by atoms with E-state index in [1.54, 1.807) is 5.01 Å². The number of nitrogens with zero attached hydrogens (tertiary/aromatic N) is 1. The lowest BCUT2D eigenvalue weighted by atomic mass is 9.72. The Balaban J connectivity index is 1.81. The van der Waals surface area contributed by atoms with Crippen LogP contribution in [0.4, 0.5) is 0 Å². The van der Waals surface area contributed by atoms with Crippen molar-refractivity contribution in [1.82, 2.24) is 15.8 Å². The molecule has 2 aliphatic heterocycles. The molecule has 6 heteroatoms. The van der Waals surface area contributed by atoms with Crippen LogP contribution in [-0.4, -0.2) is 49.7 Å². The van der Waals surface area contributed by atoms with Crippen molar-refractivity contribution < 1.29 is 14.3 Å². The summed E-state index contributed by atoms with van der Waals surface area (Å²) >= 11 is 0. The fourth-order valence-corrected chi connectivity index (χ4v) is 3.78. The molecule has 2 N–H and O–H groups in total. The second kappa shape index (κ2) is 7.32. The lowest BCUT2D eigenvalue weighted by Crippen LogP contribution is -2.57. The van der Waals surface area contributed by atoms with Gasteiger partial charge in [0.05, 0.1) is 12.5 Å². The normalized spacial score (nSPS) is 23.6. The number of hydrogen-bond acceptors (Lipinski definition) is 5. The van der Waals surface area contributed by atoms with Gasteiger partial charge in [-0.25, -0.2) is 5.01 Å². The van der Waals surface area contributed by atoms with Crippen LogP contribution in [-0.2, 0) is 19.7 Å². The number of rotatable bonds is 4. The summed E-state index contributed by atoms with van der Waals surface area (Å²) < 4.78 is 4.86. The van der Waals surface area contributed by atoms with Crippen LogP contribution in [0.25, 0.3) is 0 Å². The van der Waals surface area contributed by atoms with Gasteiger partial charge in [0.1, 0.15) is 6.04 Å². The fourth-order valence-electron chi connectivity index (χ4n) is 3.78. The summed E-state index contributed by atoms with van der Waals surface area (Å²) in [5.74, 6) is -0.308. The third-order valence-electron chi connectivity index (χ3n) is 5.19. The second-order valence-corrected chi connectivity index (χ2v) is 6.51. The molecular formula is C18H25N3O3. The highest BCUT2D eigenvalue weighted by Crippen LogP contribution is 2.34. The molecule has 130 valence electrons. The minimum absolute atomic E-state index is 0.0222. The van der Waals surface area contributed by atoms with Crippen molar-refractivity contribution in [2.45, 2.75) is 37.1 Å². The van der Waals surface area contributed by atoms with Crippen LogP contribution in [0.1, 0.15) is 31.2 Å². The first-order valence-electron chi connectivity index (χ1n) is 8.59. The Bertz CT molecular complexity index is 584. The molecule has 1 atom stereocenters. The lowest BCUT2D eigenvalue weighted by Gasteiger charge is -2.38. The first-order valence-corrected chi connectivity index (χ1v) is 8.59. The molecule has 24 heavy (non-hydrogen) atoms. The second-order valence-electron chi connectivity index (χ2n) is 6.51. The van der Waals surface area contributed by atoms with E-state index in [0.29, 0.717) is 13.0 Å². The molecule has 1 aromatic carbocycles. The Morgan fingerprint density at radius 3 is 2.62 bits per heavy atom. The van der Waals surface area contributed by atoms with Crippen molar-refractivity contribution in [2.75, 3.05) is 26.7 Å². The van der Waals surface area contributed by atoms with E-state index in [9.17, 15) is 9.59 Å². The van der Waals surface area contributed by atoms with Crippen molar-refractivity contribution in [2.24, 2.45) is 0 Å². The summed E-state index contributed by atoms with van der Waals surface area (Å²) in [7, 11) is 1.39. The summed E-state index contributed by atoms with van der Waals surface area (Å²) in [6.45, 7) is 2.29. The van der Waals surface area contributed by atoms with Gasteiger partial charge in [-0.15, -0.1) is 0 Å². The van der Waals surface area contributed by atoms with E-state index in [-0.39, 0.29) is 17.9 Å². The predicted molar refractivity (Wildman–Crippen MR) is 90.1 cm³/mol. The Labute approximate surface area is 142 Å². The molecule has 2 aliphatic rings. The third-order valence-corrected chi connectivity index (χ3v) is 5.19. The van der Waals surface area contributed by atoms with E-state index in [0.717, 1.165) is 37.9 Å². The highest BCUT2D eigenvalue weighted by Gasteiger charge is 2.43. The van der Waals surface area contributed by atoms with Gasteiger partial charge in [-0.2, -0.15) is 0 Å². The quantitative estimate of drug-likeness (QED) is 0.805. The largest absolute Gasteiger partial charge is 0.468 e. The monoisotopic (exact) mass is 331 g/mol. The van der Waals surface area contributed by atoms with Gasteiger partial charge in [0.2, 0.25) is 5.91 Å². The maximum atomic E-state index is 13.2. The minimum atomic E-state index is -0.546. The number of carbonyl (C=O) groups is 2. The van der Waals surface area contributed by atoms with E-state index in [4.69, 9.17) is 4.74 Å². The van der Waals surface area contributed by atoms with Crippen molar-refractivity contribution in [1.29, 1.82) is 0 Å². The Hall–Kier alpha value is -1.92. The topological polar surface area (TPSA) is 70.7 Å². The van der Waals surface area contributed by atoms with Crippen molar-refractivity contribution in [3.63, 3.8) is 0 Å². The van der Waals surface area contributed by atoms with Gasteiger partial charge >= 0.3 is 5.97 Å². The van der Waals surface area contributed by atoms with Crippen LogP contribution in [0, 0.1) is 0 Å². The number of esters is 1. The van der Waals surface area contributed by atoms with Crippen LogP contribution in [0.3, 0.4) is 0 Å². The summed E-state index contributed by atoms with van der Waals surface area (Å²) in [6.07, 6.45) is 3.09. The molecule has 0 aromatic heterocycles. The molecule has 0 bridgehead atoms. The molecular weight excluding hydrogens is 306 g/mol. The predicted octanol–water partition coefficient (Wildman–Crippen LogP) is 0.976. The molecule has 0 aliphatic carbocycles. The SMILES string of the molecule is COC(=O)[C@@H]1CCCN1NC(=O)C1(c2ccccc2)CCNCC1. The average Bonchev–Trinajstić information content (AvgIpc) is 3.10. The van der Waals surface area contributed by atoms with Gasteiger partial charge in [0.25, 0.3) is 0 Å². The Morgan fingerprint density at radius 1 is 1.25 bits per heavy atom. The molecule has 1 amide bonds. The highest BCUT2D eigenvalue weighted by atomic mass is 16.5. The number of hydrazine groups is 1.